The lowest BCUT2D eigenvalue weighted by Gasteiger charge is -2.35. The first-order chi connectivity index (χ1) is 21.5. The number of amides is 3. The minimum Gasteiger partial charge on any atom is -0.492 e. The van der Waals surface area contributed by atoms with Crippen LogP contribution in [0, 0.1) is 5.92 Å². The Morgan fingerprint density at radius 3 is 2.32 bits per heavy atom. The van der Waals surface area contributed by atoms with Crippen LogP contribution in [0.4, 0.5) is 0 Å². The molecule has 6 rings (SSSR count). The van der Waals surface area contributed by atoms with Gasteiger partial charge in [-0.05, 0) is 61.6 Å². The zero-order valence-electron chi connectivity index (χ0n) is 25.8. The van der Waals surface area contributed by atoms with Crippen molar-refractivity contribution < 1.29 is 23.9 Å². The number of carbonyl (C=O) groups excluding carboxylic acids is 3. The fourth-order valence-corrected chi connectivity index (χ4v) is 7.14. The fourth-order valence-electron chi connectivity index (χ4n) is 7.14. The predicted molar refractivity (Wildman–Crippen MR) is 167 cm³/mol. The molecule has 0 radical (unpaired) electrons. The number of nitrogens with one attached hydrogen (secondary N) is 1. The van der Waals surface area contributed by atoms with Crippen molar-refractivity contribution >= 4 is 17.7 Å². The Morgan fingerprint density at radius 1 is 0.818 bits per heavy atom. The van der Waals surface area contributed by atoms with Gasteiger partial charge in [-0.1, -0.05) is 50.3 Å². The first-order valence-electron chi connectivity index (χ1n) is 16.6. The second kappa shape index (κ2) is 14.6. The van der Waals surface area contributed by atoms with Crippen LogP contribution in [-0.2, 0) is 22.7 Å². The van der Waals surface area contributed by atoms with Crippen molar-refractivity contribution in [1.82, 2.24) is 20.0 Å². The quantitative estimate of drug-likeness (QED) is 0.361. The van der Waals surface area contributed by atoms with Crippen LogP contribution in [0.15, 0.2) is 42.5 Å². The third kappa shape index (κ3) is 7.61. The van der Waals surface area contributed by atoms with E-state index in [9.17, 15) is 14.4 Å². The third-order valence-electron chi connectivity index (χ3n) is 9.81. The largest absolute Gasteiger partial charge is 0.492 e. The van der Waals surface area contributed by atoms with Crippen molar-refractivity contribution in [3.8, 4) is 11.5 Å². The highest BCUT2D eigenvalue weighted by Crippen LogP contribution is 2.34. The Hall–Kier alpha value is -3.43. The molecule has 9 heteroatoms. The average Bonchev–Trinajstić information content (AvgIpc) is 3.38. The molecule has 9 nitrogen and oxygen atoms in total. The zero-order chi connectivity index (χ0) is 30.3. The van der Waals surface area contributed by atoms with Gasteiger partial charge in [-0.15, -0.1) is 0 Å². The molecule has 1 N–H and O–H groups in total. The van der Waals surface area contributed by atoms with Crippen molar-refractivity contribution in [3.63, 3.8) is 0 Å². The fraction of sp³-hybridized carbons (Fsp3) is 0.571. The number of fused-ring (bicyclic) bond motifs is 1. The molecule has 0 aromatic heterocycles. The summed E-state index contributed by atoms with van der Waals surface area (Å²) in [6.45, 7) is 8.06. The molecule has 4 aliphatic rings. The number of hydrogen-bond donors (Lipinski definition) is 1. The van der Waals surface area contributed by atoms with Gasteiger partial charge in [-0.2, -0.15) is 0 Å². The summed E-state index contributed by atoms with van der Waals surface area (Å²) >= 11 is 0. The van der Waals surface area contributed by atoms with Crippen LogP contribution < -0.4 is 14.8 Å². The third-order valence-corrected chi connectivity index (χ3v) is 9.81. The Labute approximate surface area is 260 Å². The van der Waals surface area contributed by atoms with Gasteiger partial charge in [0.25, 0.3) is 5.91 Å². The normalized spacial score (nSPS) is 21.8. The van der Waals surface area contributed by atoms with Gasteiger partial charge in [-0.3, -0.25) is 24.6 Å². The highest BCUT2D eigenvalue weighted by molar-refractivity contribution is 6.05. The van der Waals surface area contributed by atoms with Crippen LogP contribution in [0.1, 0.15) is 79.3 Å². The van der Waals surface area contributed by atoms with Gasteiger partial charge in [0, 0.05) is 50.3 Å². The van der Waals surface area contributed by atoms with Crippen LogP contribution >= 0.6 is 0 Å². The van der Waals surface area contributed by atoms with Crippen LogP contribution in [0.25, 0.3) is 0 Å². The lowest BCUT2D eigenvalue weighted by Crippen LogP contribution is -2.52. The molecule has 236 valence electrons. The molecular formula is C35H46N4O5. The van der Waals surface area contributed by atoms with E-state index in [1.165, 1.54) is 51.5 Å². The Balaban J connectivity index is 0.903. The second-order valence-corrected chi connectivity index (χ2v) is 12.8. The Morgan fingerprint density at radius 2 is 1.57 bits per heavy atom. The molecule has 1 aliphatic carbocycles. The molecule has 1 unspecified atom stereocenters. The molecule has 2 aromatic rings. The minimum atomic E-state index is -0.640. The van der Waals surface area contributed by atoms with Gasteiger partial charge in [0.1, 0.15) is 30.8 Å². The van der Waals surface area contributed by atoms with Gasteiger partial charge in [0.2, 0.25) is 11.8 Å². The number of benzene rings is 2. The number of nitrogens with zero attached hydrogens (tertiary/aromatic N) is 3. The standard InChI is InChI=1S/C35H46N4O5/c40-33-16-15-31(34(41)36-33)39-24-30-29(35(39)42)9-4-10-32(30)44-25-27-11-13-28(14-12-27)43-23-22-38-20-18-37(19-21-38)17-5-8-26-6-2-1-3-7-26/h4,9-14,26,31H,1-3,5-8,15-25H2,(H,36,40,41). The van der Waals surface area contributed by atoms with Gasteiger partial charge < -0.3 is 19.3 Å². The SMILES string of the molecule is O=C1CCC(N2Cc3c(OCc4ccc(OCCN5CCN(CCCC6CCCCC6)CC5)cc4)cccc3C2=O)C(=O)N1. The van der Waals surface area contributed by atoms with Crippen molar-refractivity contribution in [3.05, 3.63) is 59.2 Å². The lowest BCUT2D eigenvalue weighted by molar-refractivity contribution is -0.136. The van der Waals surface area contributed by atoms with E-state index in [1.54, 1.807) is 17.0 Å². The van der Waals surface area contributed by atoms with Gasteiger partial charge >= 0.3 is 0 Å². The molecule has 3 fully saturated rings. The molecule has 3 heterocycles. The Kier molecular flexibility index (Phi) is 10.1. The number of hydrogen-bond acceptors (Lipinski definition) is 7. The number of carbonyl (C=O) groups is 3. The van der Waals surface area contributed by atoms with E-state index in [0.29, 0.717) is 37.5 Å². The maximum Gasteiger partial charge on any atom is 0.255 e. The summed E-state index contributed by atoms with van der Waals surface area (Å²) in [6.07, 6.45) is 10.6. The van der Waals surface area contributed by atoms with Crippen molar-refractivity contribution in [2.24, 2.45) is 5.92 Å². The molecule has 1 atom stereocenters. The van der Waals surface area contributed by atoms with Crippen molar-refractivity contribution in [2.45, 2.75) is 77.0 Å². The predicted octanol–water partition coefficient (Wildman–Crippen LogP) is 4.38. The highest BCUT2D eigenvalue weighted by Gasteiger charge is 2.40. The van der Waals surface area contributed by atoms with Gasteiger partial charge in [0.05, 0.1) is 6.54 Å². The Bertz CT molecular complexity index is 1300. The molecule has 3 aliphatic heterocycles. The molecule has 0 bridgehead atoms. The van der Waals surface area contributed by atoms with Crippen molar-refractivity contribution in [1.29, 1.82) is 0 Å². The van der Waals surface area contributed by atoms with Crippen LogP contribution in [0.2, 0.25) is 0 Å². The maximum absolute atomic E-state index is 13.1. The average molecular weight is 603 g/mol. The van der Waals surface area contributed by atoms with E-state index >= 15 is 0 Å². The van der Waals surface area contributed by atoms with E-state index in [0.717, 1.165) is 55.5 Å². The summed E-state index contributed by atoms with van der Waals surface area (Å²) in [7, 11) is 0. The van der Waals surface area contributed by atoms with E-state index in [4.69, 9.17) is 9.47 Å². The molecule has 2 aromatic carbocycles. The number of imide groups is 1. The molecule has 0 spiro atoms. The first kappa shape index (κ1) is 30.6. The number of rotatable bonds is 12. The maximum atomic E-state index is 13.1. The molecular weight excluding hydrogens is 556 g/mol. The van der Waals surface area contributed by atoms with E-state index < -0.39 is 11.9 Å². The minimum absolute atomic E-state index is 0.201. The summed E-state index contributed by atoms with van der Waals surface area (Å²) in [5, 5.41) is 2.35. The van der Waals surface area contributed by atoms with Crippen LogP contribution in [0.3, 0.4) is 0 Å². The second-order valence-electron chi connectivity index (χ2n) is 12.8. The molecule has 2 saturated heterocycles. The molecule has 3 amide bonds. The van der Waals surface area contributed by atoms with E-state index in [2.05, 4.69) is 15.1 Å². The highest BCUT2D eigenvalue weighted by atomic mass is 16.5. The van der Waals surface area contributed by atoms with E-state index in [-0.39, 0.29) is 18.2 Å². The summed E-state index contributed by atoms with van der Waals surface area (Å²) < 4.78 is 12.2. The van der Waals surface area contributed by atoms with Crippen LogP contribution in [0.5, 0.6) is 11.5 Å². The monoisotopic (exact) mass is 602 g/mol. The smallest absolute Gasteiger partial charge is 0.255 e. The summed E-state index contributed by atoms with van der Waals surface area (Å²) in [5.74, 6) is 1.56. The zero-order valence-corrected chi connectivity index (χ0v) is 25.8. The summed E-state index contributed by atoms with van der Waals surface area (Å²) in [6, 6.07) is 12.7. The number of ether oxygens (including phenoxy) is 2. The summed E-state index contributed by atoms with van der Waals surface area (Å²) in [5.41, 5.74) is 2.33. The molecule has 44 heavy (non-hydrogen) atoms. The first-order valence-corrected chi connectivity index (χ1v) is 16.6. The number of piperidine rings is 1. The topological polar surface area (TPSA) is 91.4 Å². The van der Waals surface area contributed by atoms with Gasteiger partial charge in [-0.25, -0.2) is 0 Å². The number of piperazine rings is 1. The summed E-state index contributed by atoms with van der Waals surface area (Å²) in [4.78, 5) is 43.7. The van der Waals surface area contributed by atoms with Crippen molar-refractivity contribution in [2.75, 3.05) is 45.9 Å². The van der Waals surface area contributed by atoms with Crippen LogP contribution in [-0.4, -0.2) is 84.3 Å². The molecule has 1 saturated carbocycles. The lowest BCUT2D eigenvalue weighted by atomic mass is 9.86. The van der Waals surface area contributed by atoms with Gasteiger partial charge in [0.15, 0.2) is 0 Å². The van der Waals surface area contributed by atoms with E-state index in [1.807, 2.05) is 30.3 Å².